The summed E-state index contributed by atoms with van der Waals surface area (Å²) in [5.41, 5.74) is -0.190. The van der Waals surface area contributed by atoms with Crippen molar-refractivity contribution < 1.29 is 9.53 Å². The smallest absolute Gasteiger partial charge is 0.346 e. The first-order valence-electron chi connectivity index (χ1n) is 7.04. The molecule has 19 heavy (non-hydrogen) atoms. The minimum absolute atomic E-state index is 0.0808. The molecule has 0 bridgehead atoms. The van der Waals surface area contributed by atoms with Gasteiger partial charge < -0.3 is 4.74 Å². The highest BCUT2D eigenvalue weighted by atomic mass is 16.5. The van der Waals surface area contributed by atoms with E-state index in [1.165, 1.54) is 4.68 Å². The number of esters is 1. The summed E-state index contributed by atoms with van der Waals surface area (Å²) in [6.07, 6.45) is 5.82. The van der Waals surface area contributed by atoms with Crippen molar-refractivity contribution in [3.8, 4) is 0 Å². The summed E-state index contributed by atoms with van der Waals surface area (Å²) in [5, 5.41) is 4.24. The summed E-state index contributed by atoms with van der Waals surface area (Å²) in [6, 6.07) is 0. The van der Waals surface area contributed by atoms with Crippen LogP contribution in [0.15, 0.2) is 4.79 Å². The zero-order chi connectivity index (χ0) is 13.7. The quantitative estimate of drug-likeness (QED) is 0.592. The molecule has 1 aliphatic heterocycles. The highest BCUT2D eigenvalue weighted by Gasteiger charge is 2.17. The number of fused-ring (bicyclic) bond motifs is 1. The van der Waals surface area contributed by atoms with E-state index < -0.39 is 0 Å². The molecule has 1 aromatic heterocycles. The van der Waals surface area contributed by atoms with Gasteiger partial charge in [-0.1, -0.05) is 19.8 Å². The second kappa shape index (κ2) is 6.54. The summed E-state index contributed by atoms with van der Waals surface area (Å²) in [5.74, 6) is 0.410. The molecule has 6 nitrogen and oxygen atoms in total. The number of carbonyl (C=O) groups is 1. The molecule has 0 N–H and O–H groups in total. The molecule has 1 aromatic rings. The second-order valence-electron chi connectivity index (χ2n) is 4.89. The molecule has 0 aromatic carbocycles. The third-order valence-corrected chi connectivity index (χ3v) is 3.32. The molecule has 2 rings (SSSR count). The summed E-state index contributed by atoms with van der Waals surface area (Å²) < 4.78 is 7.97. The van der Waals surface area contributed by atoms with Crippen LogP contribution in [-0.4, -0.2) is 26.9 Å². The normalized spacial score (nSPS) is 14.8. The number of aromatic nitrogens is 3. The number of hydrogen-bond donors (Lipinski definition) is 0. The van der Waals surface area contributed by atoms with E-state index in [2.05, 4.69) is 5.10 Å². The van der Waals surface area contributed by atoms with Gasteiger partial charge in [0.1, 0.15) is 12.4 Å². The lowest BCUT2D eigenvalue weighted by Crippen LogP contribution is -2.28. The Kier molecular flexibility index (Phi) is 4.76. The van der Waals surface area contributed by atoms with Gasteiger partial charge in [0, 0.05) is 13.0 Å². The van der Waals surface area contributed by atoms with Crippen molar-refractivity contribution in [3.63, 3.8) is 0 Å². The van der Waals surface area contributed by atoms with E-state index in [1.54, 1.807) is 4.57 Å². The van der Waals surface area contributed by atoms with Gasteiger partial charge in [0.25, 0.3) is 0 Å². The monoisotopic (exact) mass is 267 g/mol. The summed E-state index contributed by atoms with van der Waals surface area (Å²) in [7, 11) is 0. The zero-order valence-electron chi connectivity index (χ0n) is 11.4. The van der Waals surface area contributed by atoms with Crippen LogP contribution in [0.1, 0.15) is 44.9 Å². The van der Waals surface area contributed by atoms with Crippen molar-refractivity contribution in [1.82, 2.24) is 14.3 Å². The van der Waals surface area contributed by atoms with E-state index in [0.717, 1.165) is 44.3 Å². The molecular formula is C13H21N3O3. The van der Waals surface area contributed by atoms with Gasteiger partial charge in [-0.05, 0) is 19.3 Å². The third kappa shape index (κ3) is 3.45. The first-order chi connectivity index (χ1) is 9.22. The first-order valence-corrected chi connectivity index (χ1v) is 7.04. The Morgan fingerprint density at radius 2 is 2.21 bits per heavy atom. The van der Waals surface area contributed by atoms with E-state index in [0.29, 0.717) is 13.2 Å². The van der Waals surface area contributed by atoms with Crippen LogP contribution in [0.25, 0.3) is 0 Å². The molecule has 0 saturated carbocycles. The van der Waals surface area contributed by atoms with E-state index in [1.807, 2.05) is 6.92 Å². The molecule has 0 radical (unpaired) electrons. The maximum Gasteiger partial charge on any atom is 0.346 e. The van der Waals surface area contributed by atoms with Gasteiger partial charge in [-0.15, -0.1) is 0 Å². The Bertz CT molecular complexity index is 490. The lowest BCUT2D eigenvalue weighted by molar-refractivity contribution is -0.144. The molecular weight excluding hydrogens is 246 g/mol. The van der Waals surface area contributed by atoms with Crippen LogP contribution in [0.5, 0.6) is 0 Å². The fraction of sp³-hybridized carbons (Fsp3) is 0.769. The van der Waals surface area contributed by atoms with Crippen LogP contribution in [0.3, 0.4) is 0 Å². The molecule has 0 spiro atoms. The minimum Gasteiger partial charge on any atom is -0.464 e. The predicted molar refractivity (Wildman–Crippen MR) is 69.9 cm³/mol. The molecule has 0 aliphatic carbocycles. The molecule has 6 heteroatoms. The number of aryl methyl sites for hydroxylation is 1. The third-order valence-electron chi connectivity index (χ3n) is 3.32. The maximum atomic E-state index is 12.1. The van der Waals surface area contributed by atoms with E-state index in [9.17, 15) is 9.59 Å². The van der Waals surface area contributed by atoms with Crippen LogP contribution in [-0.2, 0) is 29.0 Å². The van der Waals surface area contributed by atoms with Crippen LogP contribution >= 0.6 is 0 Å². The molecule has 106 valence electrons. The largest absolute Gasteiger partial charge is 0.464 e. The van der Waals surface area contributed by atoms with Crippen LogP contribution in [0, 0.1) is 0 Å². The average molecular weight is 267 g/mol. The van der Waals surface area contributed by atoms with Crippen molar-refractivity contribution in [2.45, 2.75) is 58.5 Å². The van der Waals surface area contributed by atoms with E-state index in [-0.39, 0.29) is 18.2 Å². The molecule has 0 atom stereocenters. The number of ether oxygens (including phenoxy) is 1. The van der Waals surface area contributed by atoms with Crippen LogP contribution in [0.4, 0.5) is 0 Å². The molecule has 1 aliphatic rings. The Morgan fingerprint density at radius 3 is 3.00 bits per heavy atom. The van der Waals surface area contributed by atoms with E-state index in [4.69, 9.17) is 4.74 Å². The predicted octanol–water partition coefficient (Wildman–Crippen LogP) is 1.11. The zero-order valence-corrected chi connectivity index (χ0v) is 11.4. The van der Waals surface area contributed by atoms with Crippen molar-refractivity contribution in [2.24, 2.45) is 0 Å². The van der Waals surface area contributed by atoms with Gasteiger partial charge >= 0.3 is 11.7 Å². The highest BCUT2D eigenvalue weighted by molar-refractivity contribution is 5.68. The minimum atomic E-state index is -0.385. The molecule has 2 heterocycles. The van der Waals surface area contributed by atoms with Crippen molar-refractivity contribution in [2.75, 3.05) is 6.61 Å². The van der Waals surface area contributed by atoms with Gasteiger partial charge in [0.2, 0.25) is 0 Å². The topological polar surface area (TPSA) is 66.1 Å². The average Bonchev–Trinajstić information content (AvgIpc) is 2.57. The Labute approximate surface area is 112 Å². The van der Waals surface area contributed by atoms with Gasteiger partial charge in [-0.3, -0.25) is 9.36 Å². The fourth-order valence-electron chi connectivity index (χ4n) is 2.23. The fourth-order valence-corrected chi connectivity index (χ4v) is 2.23. The molecule has 0 amide bonds. The molecule has 0 unspecified atom stereocenters. The number of unbranched alkanes of at least 4 members (excludes halogenated alkanes) is 1. The van der Waals surface area contributed by atoms with Crippen molar-refractivity contribution in [1.29, 1.82) is 0 Å². The number of hydrogen-bond acceptors (Lipinski definition) is 4. The van der Waals surface area contributed by atoms with E-state index >= 15 is 0 Å². The van der Waals surface area contributed by atoms with Crippen molar-refractivity contribution in [3.05, 3.63) is 16.3 Å². The standard InChI is InChI=1S/C13H21N3O3/c1-2-3-9-19-12(17)10-16-13(18)15-8-6-4-5-7-11(15)14-16/h2-10H2,1H3. The summed E-state index contributed by atoms with van der Waals surface area (Å²) in [4.78, 5) is 23.7. The maximum absolute atomic E-state index is 12.1. The number of rotatable bonds is 5. The lowest BCUT2D eigenvalue weighted by atomic mass is 10.2. The van der Waals surface area contributed by atoms with Gasteiger partial charge in [-0.25, -0.2) is 9.48 Å². The van der Waals surface area contributed by atoms with Gasteiger partial charge in [0.05, 0.1) is 6.61 Å². The number of carbonyl (C=O) groups excluding carboxylic acids is 1. The Balaban J connectivity index is 2.01. The SMILES string of the molecule is CCCCOC(=O)Cn1nc2n(c1=O)CCCCC2. The molecule has 0 saturated heterocycles. The summed E-state index contributed by atoms with van der Waals surface area (Å²) in [6.45, 7) is 3.07. The van der Waals surface area contributed by atoms with Crippen molar-refractivity contribution >= 4 is 5.97 Å². The first kappa shape index (κ1) is 13.8. The lowest BCUT2D eigenvalue weighted by Gasteiger charge is -2.03. The van der Waals surface area contributed by atoms with Crippen LogP contribution in [0.2, 0.25) is 0 Å². The second-order valence-corrected chi connectivity index (χ2v) is 4.89. The Hall–Kier alpha value is -1.59. The van der Waals surface area contributed by atoms with Crippen LogP contribution < -0.4 is 5.69 Å². The summed E-state index contributed by atoms with van der Waals surface area (Å²) >= 11 is 0. The number of nitrogens with zero attached hydrogens (tertiary/aromatic N) is 3. The van der Waals surface area contributed by atoms with Gasteiger partial charge in [0.15, 0.2) is 0 Å². The Morgan fingerprint density at radius 1 is 1.37 bits per heavy atom. The highest BCUT2D eigenvalue weighted by Crippen LogP contribution is 2.10. The molecule has 0 fully saturated rings. The van der Waals surface area contributed by atoms with Gasteiger partial charge in [-0.2, -0.15) is 5.10 Å².